The lowest BCUT2D eigenvalue weighted by Gasteiger charge is -2.05. The van der Waals surface area contributed by atoms with E-state index >= 15 is 0 Å². The highest BCUT2D eigenvalue weighted by Crippen LogP contribution is 2.28. The summed E-state index contributed by atoms with van der Waals surface area (Å²) in [4.78, 5) is 8.85. The fourth-order valence-corrected chi connectivity index (χ4v) is 2.96. The minimum atomic E-state index is 0.364. The van der Waals surface area contributed by atoms with Gasteiger partial charge in [0.05, 0.1) is 16.2 Å². The van der Waals surface area contributed by atoms with E-state index in [1.807, 2.05) is 43.3 Å². The summed E-state index contributed by atoms with van der Waals surface area (Å²) >= 11 is 12.1. The molecule has 4 rings (SSSR count). The van der Waals surface area contributed by atoms with Crippen molar-refractivity contribution in [3.63, 3.8) is 0 Å². The Labute approximate surface area is 160 Å². The molecule has 0 aliphatic rings. The van der Waals surface area contributed by atoms with Crippen molar-refractivity contribution in [3.05, 3.63) is 76.5 Å². The van der Waals surface area contributed by atoms with Crippen molar-refractivity contribution < 1.29 is 4.42 Å². The van der Waals surface area contributed by atoms with Crippen molar-refractivity contribution in [1.82, 2.24) is 19.7 Å². The lowest BCUT2D eigenvalue weighted by Crippen LogP contribution is -2.04. The number of halogens is 2. The Morgan fingerprint density at radius 2 is 1.81 bits per heavy atom. The maximum atomic E-state index is 6.13. The average Bonchev–Trinajstić information content (AvgIpc) is 3.25. The van der Waals surface area contributed by atoms with Crippen LogP contribution in [-0.2, 0) is 6.54 Å². The lowest BCUT2D eigenvalue weighted by atomic mass is 10.2. The molecule has 0 saturated heterocycles. The average molecular weight is 385 g/mol. The Kier molecular flexibility index (Phi) is 4.49. The fourth-order valence-electron chi connectivity index (χ4n) is 2.66. The summed E-state index contributed by atoms with van der Waals surface area (Å²) < 4.78 is 7.62. The van der Waals surface area contributed by atoms with Gasteiger partial charge < -0.3 is 4.42 Å². The van der Waals surface area contributed by atoms with Gasteiger partial charge in [0.1, 0.15) is 12.4 Å². The number of aromatic nitrogens is 4. The number of hydrogen-bond donors (Lipinski definition) is 0. The fraction of sp³-hybridized carbons (Fsp3) is 0.105. The second kappa shape index (κ2) is 6.94. The van der Waals surface area contributed by atoms with Crippen LogP contribution in [0.2, 0.25) is 10.0 Å². The van der Waals surface area contributed by atoms with Crippen LogP contribution >= 0.6 is 23.2 Å². The van der Waals surface area contributed by atoms with E-state index in [1.165, 1.54) is 0 Å². The monoisotopic (exact) mass is 384 g/mol. The van der Waals surface area contributed by atoms with Gasteiger partial charge in [-0.2, -0.15) is 5.10 Å². The number of aryl methyl sites for hydroxylation is 1. The van der Waals surface area contributed by atoms with Gasteiger partial charge in [0.2, 0.25) is 5.89 Å². The largest absolute Gasteiger partial charge is 0.439 e. The Morgan fingerprint density at radius 1 is 1.00 bits per heavy atom. The van der Waals surface area contributed by atoms with Crippen LogP contribution in [0.15, 0.2) is 59.1 Å². The van der Waals surface area contributed by atoms with Crippen LogP contribution in [0.5, 0.6) is 0 Å². The molecule has 0 radical (unpaired) electrons. The maximum absolute atomic E-state index is 6.13. The number of hydrogen-bond acceptors (Lipinski definition) is 4. The van der Waals surface area contributed by atoms with E-state index in [0.29, 0.717) is 39.9 Å². The van der Waals surface area contributed by atoms with Crippen LogP contribution in [0.1, 0.15) is 11.7 Å². The van der Waals surface area contributed by atoms with Gasteiger partial charge in [-0.15, -0.1) is 0 Å². The molecule has 0 amide bonds. The first kappa shape index (κ1) is 16.8. The maximum Gasteiger partial charge on any atom is 0.216 e. The van der Waals surface area contributed by atoms with Gasteiger partial charge >= 0.3 is 0 Å². The van der Waals surface area contributed by atoms with Crippen molar-refractivity contribution in [3.8, 4) is 22.7 Å². The molecule has 7 heteroatoms. The third-order valence-electron chi connectivity index (χ3n) is 3.85. The Morgan fingerprint density at radius 3 is 2.58 bits per heavy atom. The predicted octanol–water partition coefficient (Wildman–Crippen LogP) is 5.26. The molecule has 0 aliphatic heterocycles. The molecule has 0 aliphatic carbocycles. The van der Waals surface area contributed by atoms with Crippen LogP contribution in [0, 0.1) is 6.92 Å². The molecule has 26 heavy (non-hydrogen) atoms. The summed E-state index contributed by atoms with van der Waals surface area (Å²) in [6.07, 6.45) is 1.72. The van der Waals surface area contributed by atoms with E-state index in [0.717, 1.165) is 11.1 Å². The molecule has 130 valence electrons. The molecule has 2 aromatic carbocycles. The number of benzene rings is 2. The van der Waals surface area contributed by atoms with Gasteiger partial charge in [-0.3, -0.25) is 0 Å². The molecule has 0 saturated carbocycles. The summed E-state index contributed by atoms with van der Waals surface area (Å²) in [7, 11) is 0. The Balaban J connectivity index is 1.65. The zero-order valence-corrected chi connectivity index (χ0v) is 15.4. The van der Waals surface area contributed by atoms with Crippen molar-refractivity contribution in [1.29, 1.82) is 0 Å². The first-order valence-electron chi connectivity index (χ1n) is 7.97. The summed E-state index contributed by atoms with van der Waals surface area (Å²) in [5.41, 5.74) is 1.81. The molecule has 2 aromatic heterocycles. The molecule has 0 unspecified atom stereocenters. The first-order chi connectivity index (χ1) is 12.6. The van der Waals surface area contributed by atoms with Crippen LogP contribution in [0.3, 0.4) is 0 Å². The van der Waals surface area contributed by atoms with Gasteiger partial charge in [0.15, 0.2) is 11.6 Å². The van der Waals surface area contributed by atoms with E-state index in [9.17, 15) is 0 Å². The number of nitrogens with zero attached hydrogens (tertiary/aromatic N) is 4. The molecule has 0 bridgehead atoms. The molecule has 0 N–H and O–H groups in total. The number of rotatable bonds is 4. The third-order valence-corrected chi connectivity index (χ3v) is 4.59. The molecular formula is C19H14Cl2N4O. The first-order valence-corrected chi connectivity index (χ1v) is 8.73. The smallest absolute Gasteiger partial charge is 0.216 e. The van der Waals surface area contributed by atoms with E-state index < -0.39 is 0 Å². The summed E-state index contributed by atoms with van der Waals surface area (Å²) in [6.45, 7) is 2.20. The zero-order valence-electron chi connectivity index (χ0n) is 13.9. The minimum Gasteiger partial charge on any atom is -0.439 e. The summed E-state index contributed by atoms with van der Waals surface area (Å²) in [6, 6.07) is 15.2. The Hall–Kier alpha value is -2.63. The van der Waals surface area contributed by atoms with Gasteiger partial charge in [0, 0.05) is 11.1 Å². The van der Waals surface area contributed by atoms with Gasteiger partial charge in [0.25, 0.3) is 0 Å². The second-order valence-electron chi connectivity index (χ2n) is 5.75. The van der Waals surface area contributed by atoms with Crippen LogP contribution in [0.4, 0.5) is 0 Å². The van der Waals surface area contributed by atoms with Gasteiger partial charge in [-0.05, 0) is 25.1 Å². The summed E-state index contributed by atoms with van der Waals surface area (Å²) in [5, 5.41) is 5.42. The van der Waals surface area contributed by atoms with Crippen molar-refractivity contribution in [2.45, 2.75) is 13.5 Å². The lowest BCUT2D eigenvalue weighted by molar-refractivity contribution is 0.475. The summed E-state index contributed by atoms with van der Waals surface area (Å²) in [5.74, 6) is 2.60. The van der Waals surface area contributed by atoms with Gasteiger partial charge in [-0.1, -0.05) is 53.5 Å². The predicted molar refractivity (Wildman–Crippen MR) is 101 cm³/mol. The van der Waals surface area contributed by atoms with Gasteiger partial charge in [-0.25, -0.2) is 14.6 Å². The molecule has 0 atom stereocenters. The van der Waals surface area contributed by atoms with E-state index in [4.69, 9.17) is 27.6 Å². The normalized spacial score (nSPS) is 11.0. The van der Waals surface area contributed by atoms with E-state index in [1.54, 1.807) is 23.0 Å². The van der Waals surface area contributed by atoms with Crippen molar-refractivity contribution in [2.24, 2.45) is 0 Å². The molecule has 0 fully saturated rings. The zero-order chi connectivity index (χ0) is 18.1. The highest BCUT2D eigenvalue weighted by Gasteiger charge is 2.14. The third kappa shape index (κ3) is 3.36. The van der Waals surface area contributed by atoms with Crippen molar-refractivity contribution >= 4 is 23.2 Å². The highest BCUT2D eigenvalue weighted by molar-refractivity contribution is 6.42. The quantitative estimate of drug-likeness (QED) is 0.481. The molecule has 4 aromatic rings. The molecular weight excluding hydrogens is 371 g/mol. The number of oxazole rings is 1. The van der Waals surface area contributed by atoms with E-state index in [2.05, 4.69) is 15.1 Å². The second-order valence-corrected chi connectivity index (χ2v) is 6.57. The molecule has 5 nitrogen and oxygen atoms in total. The van der Waals surface area contributed by atoms with Crippen LogP contribution < -0.4 is 0 Å². The van der Waals surface area contributed by atoms with E-state index in [-0.39, 0.29) is 0 Å². The standard InChI is InChI=1S/C19H14Cl2N4O/c1-12-23-19(14-7-8-15(20)16(21)9-14)25(24-12)11-18-22-10-17(26-18)13-5-3-2-4-6-13/h2-10H,11H2,1H3. The molecule has 2 heterocycles. The highest BCUT2D eigenvalue weighted by atomic mass is 35.5. The topological polar surface area (TPSA) is 56.7 Å². The van der Waals surface area contributed by atoms with Crippen LogP contribution in [-0.4, -0.2) is 19.7 Å². The minimum absolute atomic E-state index is 0.364. The Bertz CT molecular complexity index is 1060. The molecule has 0 spiro atoms. The SMILES string of the molecule is Cc1nc(-c2ccc(Cl)c(Cl)c2)n(Cc2ncc(-c3ccccc3)o2)n1. The van der Waals surface area contributed by atoms with Crippen molar-refractivity contribution in [2.75, 3.05) is 0 Å². The van der Waals surface area contributed by atoms with Crippen LogP contribution in [0.25, 0.3) is 22.7 Å².